The zero-order valence-electron chi connectivity index (χ0n) is 11.4. The van der Waals surface area contributed by atoms with E-state index in [1.807, 2.05) is 6.92 Å². The Labute approximate surface area is 113 Å². The molecule has 0 N–H and O–H groups in total. The molecule has 2 saturated carbocycles. The van der Waals surface area contributed by atoms with Gasteiger partial charge in [-0.3, -0.25) is 14.4 Å². The van der Waals surface area contributed by atoms with Crippen LogP contribution in [-0.4, -0.2) is 24.1 Å². The summed E-state index contributed by atoms with van der Waals surface area (Å²) in [5, 5.41) is 0. The third kappa shape index (κ3) is 2.03. The number of carbonyl (C=O) groups excluding carboxylic acids is 3. The van der Waals surface area contributed by atoms with Crippen molar-refractivity contribution in [1.82, 2.24) is 0 Å². The van der Waals surface area contributed by atoms with Gasteiger partial charge in [-0.2, -0.15) is 0 Å². The standard InChI is InChI=1S/C15H20O4/c1-3-10-19-13(18)15-9-5-11(16)4-7-14(15,2)8-6-12(15)17/h3H,1,4-10H2,2H3/t14-,15+/m1/s1. The number of fused-ring (bicyclic) bond motifs is 1. The molecule has 2 atom stereocenters. The number of ketones is 2. The highest BCUT2D eigenvalue weighted by Gasteiger charge is 2.63. The summed E-state index contributed by atoms with van der Waals surface area (Å²) in [4.78, 5) is 36.5. The van der Waals surface area contributed by atoms with Crippen LogP contribution in [0.25, 0.3) is 0 Å². The first-order valence-electron chi connectivity index (χ1n) is 6.79. The average Bonchev–Trinajstić information content (AvgIpc) is 2.56. The molecule has 0 heterocycles. The Morgan fingerprint density at radius 3 is 2.58 bits per heavy atom. The molecule has 0 bridgehead atoms. The van der Waals surface area contributed by atoms with Crippen LogP contribution in [0.2, 0.25) is 0 Å². The molecule has 0 saturated heterocycles. The smallest absolute Gasteiger partial charge is 0.320 e. The molecule has 19 heavy (non-hydrogen) atoms. The Morgan fingerprint density at radius 2 is 1.89 bits per heavy atom. The maximum atomic E-state index is 12.4. The Hall–Kier alpha value is -1.45. The minimum Gasteiger partial charge on any atom is -0.461 e. The molecule has 0 aromatic heterocycles. The Kier molecular flexibility index (Phi) is 3.61. The molecule has 0 aromatic rings. The van der Waals surface area contributed by atoms with Gasteiger partial charge in [-0.1, -0.05) is 19.6 Å². The Balaban J connectivity index is 2.38. The van der Waals surface area contributed by atoms with Crippen LogP contribution < -0.4 is 0 Å². The van der Waals surface area contributed by atoms with Crippen LogP contribution in [0.15, 0.2) is 12.7 Å². The average molecular weight is 264 g/mol. The van der Waals surface area contributed by atoms with Crippen LogP contribution in [0.1, 0.15) is 45.4 Å². The lowest BCUT2D eigenvalue weighted by molar-refractivity contribution is -0.165. The molecule has 2 fully saturated rings. The van der Waals surface area contributed by atoms with Crippen LogP contribution in [0, 0.1) is 10.8 Å². The van der Waals surface area contributed by atoms with E-state index in [0.29, 0.717) is 38.5 Å². The summed E-state index contributed by atoms with van der Waals surface area (Å²) in [6, 6.07) is 0. The normalized spacial score (nSPS) is 34.6. The van der Waals surface area contributed by atoms with Crippen molar-refractivity contribution >= 4 is 17.5 Å². The lowest BCUT2D eigenvalue weighted by Gasteiger charge is -2.38. The van der Waals surface area contributed by atoms with Gasteiger partial charge in [-0.05, 0) is 24.7 Å². The van der Waals surface area contributed by atoms with E-state index in [2.05, 4.69) is 6.58 Å². The second-order valence-corrected chi connectivity index (χ2v) is 5.81. The predicted molar refractivity (Wildman–Crippen MR) is 69.4 cm³/mol. The van der Waals surface area contributed by atoms with Crippen LogP contribution >= 0.6 is 0 Å². The first kappa shape index (κ1) is 14.0. The Morgan fingerprint density at radius 1 is 1.26 bits per heavy atom. The molecule has 2 aliphatic rings. The van der Waals surface area contributed by atoms with Crippen molar-refractivity contribution in [2.75, 3.05) is 6.61 Å². The lowest BCUT2D eigenvalue weighted by Crippen LogP contribution is -2.47. The zero-order valence-corrected chi connectivity index (χ0v) is 11.4. The van der Waals surface area contributed by atoms with Gasteiger partial charge < -0.3 is 4.74 Å². The first-order valence-corrected chi connectivity index (χ1v) is 6.79. The summed E-state index contributed by atoms with van der Waals surface area (Å²) in [7, 11) is 0. The summed E-state index contributed by atoms with van der Waals surface area (Å²) < 4.78 is 5.17. The third-order valence-corrected chi connectivity index (χ3v) is 4.83. The Bertz CT molecular complexity index is 439. The quantitative estimate of drug-likeness (QED) is 0.445. The number of Topliss-reactive ketones (excluding diaryl/α,β-unsaturated/α-hetero) is 2. The van der Waals surface area contributed by atoms with Crippen molar-refractivity contribution in [1.29, 1.82) is 0 Å². The van der Waals surface area contributed by atoms with Gasteiger partial charge in [-0.15, -0.1) is 0 Å². The van der Waals surface area contributed by atoms with Crippen molar-refractivity contribution in [2.24, 2.45) is 10.8 Å². The van der Waals surface area contributed by atoms with E-state index in [1.165, 1.54) is 6.08 Å². The van der Waals surface area contributed by atoms with Gasteiger partial charge in [0.05, 0.1) is 0 Å². The number of hydrogen-bond donors (Lipinski definition) is 0. The van der Waals surface area contributed by atoms with E-state index in [4.69, 9.17) is 4.74 Å². The van der Waals surface area contributed by atoms with E-state index in [1.54, 1.807) is 0 Å². The maximum Gasteiger partial charge on any atom is 0.320 e. The van der Waals surface area contributed by atoms with E-state index >= 15 is 0 Å². The second kappa shape index (κ2) is 4.91. The number of ether oxygens (including phenoxy) is 1. The monoisotopic (exact) mass is 264 g/mol. The molecule has 104 valence electrons. The van der Waals surface area contributed by atoms with Crippen molar-refractivity contribution in [3.63, 3.8) is 0 Å². The highest BCUT2D eigenvalue weighted by molar-refractivity contribution is 6.07. The molecule has 2 aliphatic carbocycles. The molecule has 2 rings (SSSR count). The molecule has 0 amide bonds. The summed E-state index contributed by atoms with van der Waals surface area (Å²) >= 11 is 0. The summed E-state index contributed by atoms with van der Waals surface area (Å²) in [6.07, 6.45) is 4.23. The molecular weight excluding hydrogens is 244 g/mol. The van der Waals surface area contributed by atoms with Crippen LogP contribution in [-0.2, 0) is 19.1 Å². The fourth-order valence-corrected chi connectivity index (χ4v) is 3.52. The van der Waals surface area contributed by atoms with E-state index < -0.39 is 16.8 Å². The minimum atomic E-state index is -1.11. The molecular formula is C15H20O4. The molecule has 0 unspecified atom stereocenters. The molecule has 4 nitrogen and oxygen atoms in total. The van der Waals surface area contributed by atoms with E-state index in [9.17, 15) is 14.4 Å². The van der Waals surface area contributed by atoms with E-state index in [-0.39, 0.29) is 18.2 Å². The van der Waals surface area contributed by atoms with E-state index in [0.717, 1.165) is 0 Å². The summed E-state index contributed by atoms with van der Waals surface area (Å²) in [6.45, 7) is 5.57. The number of rotatable bonds is 3. The number of carbonyl (C=O) groups is 3. The van der Waals surface area contributed by atoms with Crippen molar-refractivity contribution in [3.05, 3.63) is 12.7 Å². The van der Waals surface area contributed by atoms with Gasteiger partial charge in [-0.25, -0.2) is 0 Å². The van der Waals surface area contributed by atoms with Gasteiger partial charge in [0.1, 0.15) is 17.8 Å². The third-order valence-electron chi connectivity index (χ3n) is 4.83. The molecule has 0 aliphatic heterocycles. The molecule has 4 heteroatoms. The van der Waals surface area contributed by atoms with Gasteiger partial charge in [0, 0.05) is 19.3 Å². The number of hydrogen-bond acceptors (Lipinski definition) is 4. The highest BCUT2D eigenvalue weighted by atomic mass is 16.5. The number of esters is 1. The van der Waals surface area contributed by atoms with Crippen molar-refractivity contribution in [2.45, 2.75) is 45.4 Å². The highest BCUT2D eigenvalue weighted by Crippen LogP contribution is 2.57. The van der Waals surface area contributed by atoms with Crippen LogP contribution in [0.4, 0.5) is 0 Å². The van der Waals surface area contributed by atoms with Crippen molar-refractivity contribution < 1.29 is 19.1 Å². The van der Waals surface area contributed by atoms with Gasteiger partial charge in [0.15, 0.2) is 5.78 Å². The molecule has 0 radical (unpaired) electrons. The molecule has 0 spiro atoms. The fourth-order valence-electron chi connectivity index (χ4n) is 3.52. The topological polar surface area (TPSA) is 60.4 Å². The van der Waals surface area contributed by atoms with Crippen LogP contribution in [0.3, 0.4) is 0 Å². The molecule has 0 aromatic carbocycles. The summed E-state index contributed by atoms with van der Waals surface area (Å²) in [5.41, 5.74) is -1.54. The SMILES string of the molecule is C=CCOC(=O)[C@@]12CCC(=O)CC[C@]1(C)CCC2=O. The van der Waals surface area contributed by atoms with Crippen LogP contribution in [0.5, 0.6) is 0 Å². The first-order chi connectivity index (χ1) is 8.96. The lowest BCUT2D eigenvalue weighted by atomic mass is 9.63. The summed E-state index contributed by atoms with van der Waals surface area (Å²) in [5.74, 6) is -0.384. The second-order valence-electron chi connectivity index (χ2n) is 5.81. The predicted octanol–water partition coefficient (Wildman–Crippen LogP) is 2.21. The van der Waals surface area contributed by atoms with Gasteiger partial charge >= 0.3 is 5.97 Å². The largest absolute Gasteiger partial charge is 0.461 e. The van der Waals surface area contributed by atoms with Gasteiger partial charge in [0.25, 0.3) is 0 Å². The van der Waals surface area contributed by atoms with Crippen molar-refractivity contribution in [3.8, 4) is 0 Å². The maximum absolute atomic E-state index is 12.4. The minimum absolute atomic E-state index is 0.0567. The fraction of sp³-hybridized carbons (Fsp3) is 0.667. The zero-order chi connectivity index (χ0) is 14.1. The van der Waals surface area contributed by atoms with Gasteiger partial charge in [0.2, 0.25) is 0 Å².